The van der Waals surface area contributed by atoms with Crippen LogP contribution in [0.25, 0.3) is 22.6 Å². The van der Waals surface area contributed by atoms with E-state index < -0.39 is 67.7 Å². The Labute approximate surface area is 573 Å². The first kappa shape index (κ1) is 77.1. The summed E-state index contributed by atoms with van der Waals surface area (Å²) in [5.74, 6) is -3.62. The van der Waals surface area contributed by atoms with Gasteiger partial charge in [0.1, 0.15) is 34.5 Å². The molecule has 0 aliphatic heterocycles. The van der Waals surface area contributed by atoms with Crippen molar-refractivity contribution < 1.29 is 89.4 Å². The SMILES string of the molecule is CCCCC[C@@H](C(=O)NCNC(=O)c1ccc(-c2cc(OCC)cc(O[P+](=O)Oc3cc(OCC)cc(-c4ccc(C(=O)NCNC(=O)[C@H](CCCCC)[C@@H](CC)N(C=O)OC(=O)c5ccc(OC)cc5C(C)C)o4)c3)c2)o1)[C@@H](CC)N(C=O)OC(=O)c1ccc(OC)cc1C(C)C. The van der Waals surface area contributed by atoms with Crippen LogP contribution in [0.5, 0.6) is 34.5 Å². The van der Waals surface area contributed by atoms with E-state index in [4.69, 9.17) is 46.5 Å². The molecule has 0 unspecified atom stereocenters. The van der Waals surface area contributed by atoms with Crippen molar-refractivity contribution in [3.63, 3.8) is 0 Å². The predicted octanol–water partition coefficient (Wildman–Crippen LogP) is 13.4. The molecule has 0 spiro atoms. The number of nitrogens with one attached hydrogen (secondary N) is 4. The monoisotopic (exact) mass is 1380 g/mol. The zero-order chi connectivity index (χ0) is 71.4. The molecule has 4 aromatic carbocycles. The Morgan fingerprint density at radius 2 is 0.878 bits per heavy atom. The number of methoxy groups -OCH3 is 2. The number of hydrogen-bond donors (Lipinski definition) is 4. The molecule has 0 aliphatic carbocycles. The van der Waals surface area contributed by atoms with Gasteiger partial charge in [0.05, 0.1) is 75.8 Å². The van der Waals surface area contributed by atoms with Gasteiger partial charge in [0.2, 0.25) is 24.6 Å². The van der Waals surface area contributed by atoms with Crippen LogP contribution in [0.4, 0.5) is 0 Å². The molecule has 0 fully saturated rings. The zero-order valence-corrected chi connectivity index (χ0v) is 58.7. The van der Waals surface area contributed by atoms with Crippen LogP contribution in [-0.4, -0.2) is 111 Å². The van der Waals surface area contributed by atoms with Gasteiger partial charge in [0.15, 0.2) is 23.0 Å². The first-order valence-electron chi connectivity index (χ1n) is 33.2. The Balaban J connectivity index is 1.08. The van der Waals surface area contributed by atoms with Gasteiger partial charge in [-0.1, -0.05) is 93.9 Å². The highest BCUT2D eigenvalue weighted by Crippen LogP contribution is 2.40. The van der Waals surface area contributed by atoms with E-state index in [2.05, 4.69) is 21.3 Å². The van der Waals surface area contributed by atoms with Gasteiger partial charge in [-0.15, -0.1) is 0 Å². The van der Waals surface area contributed by atoms with Gasteiger partial charge in [-0.05, 0) is 147 Å². The average Bonchev–Trinajstić information content (AvgIpc) is 1.17. The van der Waals surface area contributed by atoms with Crippen molar-refractivity contribution >= 4 is 56.6 Å². The Morgan fingerprint density at radius 1 is 0.490 bits per heavy atom. The lowest BCUT2D eigenvalue weighted by molar-refractivity contribution is -0.171. The maximum absolute atomic E-state index is 14.0. The van der Waals surface area contributed by atoms with E-state index in [0.29, 0.717) is 83.8 Å². The van der Waals surface area contributed by atoms with Crippen LogP contribution in [0.15, 0.2) is 106 Å². The number of hydroxylamine groups is 4. The molecule has 0 bridgehead atoms. The van der Waals surface area contributed by atoms with Crippen molar-refractivity contribution in [2.45, 2.75) is 157 Å². The summed E-state index contributed by atoms with van der Waals surface area (Å²) in [7, 11) is 0.0810. The largest absolute Gasteiger partial charge is 0.805 e. The molecular formula is C72H92N6O19P+. The van der Waals surface area contributed by atoms with Gasteiger partial charge in [-0.25, -0.2) is 18.6 Å². The minimum Gasteiger partial charge on any atom is -0.497 e. The molecule has 4 N–H and O–H groups in total. The van der Waals surface area contributed by atoms with E-state index in [1.165, 1.54) is 62.8 Å². The summed E-state index contributed by atoms with van der Waals surface area (Å²) in [5, 5.41) is 12.6. The molecule has 0 radical (unpaired) electrons. The van der Waals surface area contributed by atoms with E-state index in [1.54, 1.807) is 76.2 Å². The summed E-state index contributed by atoms with van der Waals surface area (Å²) in [6, 6.07) is 23.4. The fourth-order valence-electron chi connectivity index (χ4n) is 11.1. The third-order valence-electron chi connectivity index (χ3n) is 16.1. The summed E-state index contributed by atoms with van der Waals surface area (Å²) >= 11 is 0. The molecule has 6 rings (SSSR count). The summed E-state index contributed by atoms with van der Waals surface area (Å²) in [4.78, 5) is 119. The topological polar surface area (TPSA) is 308 Å². The highest BCUT2D eigenvalue weighted by molar-refractivity contribution is 7.34. The molecule has 6 aromatic rings. The second-order valence-electron chi connectivity index (χ2n) is 23.5. The minimum absolute atomic E-state index is 0.0469. The number of benzene rings is 4. The number of hydrogen-bond acceptors (Lipinski definition) is 19. The smallest absolute Gasteiger partial charge is 0.497 e. The van der Waals surface area contributed by atoms with Crippen molar-refractivity contribution in [1.82, 2.24) is 31.4 Å². The lowest BCUT2D eigenvalue weighted by atomic mass is 9.90. The maximum Gasteiger partial charge on any atom is 0.805 e. The number of rotatable bonds is 42. The Hall–Kier alpha value is -9.90. The molecule has 26 heteroatoms. The van der Waals surface area contributed by atoms with Crippen molar-refractivity contribution in [1.29, 1.82) is 0 Å². The molecular weight excluding hydrogens is 1280 g/mol. The third kappa shape index (κ3) is 21.6. The average molecular weight is 1380 g/mol. The lowest BCUT2D eigenvalue weighted by Gasteiger charge is -2.32. The van der Waals surface area contributed by atoms with Crippen molar-refractivity contribution in [3.8, 4) is 57.1 Å². The second-order valence-corrected chi connectivity index (χ2v) is 24.3. The van der Waals surface area contributed by atoms with Crippen molar-refractivity contribution in [3.05, 3.63) is 131 Å². The number of nitrogens with zero attached hydrogens (tertiary/aromatic N) is 2. The maximum atomic E-state index is 14.0. The number of unbranched alkanes of at least 4 members (excludes halogenated alkanes) is 4. The Bertz CT molecular complexity index is 3450. The number of carbonyl (C=O) groups is 8. The highest BCUT2D eigenvalue weighted by Gasteiger charge is 2.37. The molecule has 2 aromatic heterocycles. The van der Waals surface area contributed by atoms with Crippen LogP contribution >= 0.6 is 8.25 Å². The molecule has 25 nitrogen and oxygen atoms in total. The van der Waals surface area contributed by atoms with Crippen LogP contribution in [0.1, 0.15) is 198 Å². The van der Waals surface area contributed by atoms with Crippen LogP contribution in [0.3, 0.4) is 0 Å². The number of carbonyl (C=O) groups excluding carboxylic acids is 8. The highest BCUT2D eigenvalue weighted by atomic mass is 31.1. The van der Waals surface area contributed by atoms with Crippen LogP contribution in [-0.2, 0) is 33.4 Å². The summed E-state index contributed by atoms with van der Waals surface area (Å²) in [6.45, 7) is 18.7. The Morgan fingerprint density at radius 3 is 1.21 bits per heavy atom. The van der Waals surface area contributed by atoms with Gasteiger partial charge in [0.25, 0.3) is 11.8 Å². The first-order valence-corrected chi connectivity index (χ1v) is 34.3. The van der Waals surface area contributed by atoms with Gasteiger partial charge in [-0.3, -0.25) is 28.8 Å². The number of ether oxygens (including phenoxy) is 4. The zero-order valence-electron chi connectivity index (χ0n) is 57.9. The van der Waals surface area contributed by atoms with Crippen LogP contribution < -0.4 is 49.3 Å². The fraction of sp³-hybridized carbons (Fsp3) is 0.444. The van der Waals surface area contributed by atoms with E-state index in [1.807, 2.05) is 41.5 Å². The second kappa shape index (κ2) is 38.7. The molecule has 4 atom stereocenters. The van der Waals surface area contributed by atoms with E-state index in [9.17, 15) is 42.9 Å². The van der Waals surface area contributed by atoms with E-state index >= 15 is 0 Å². The fourth-order valence-corrected chi connectivity index (χ4v) is 11.7. The molecule has 6 amide bonds. The first-order chi connectivity index (χ1) is 47.2. The van der Waals surface area contributed by atoms with Crippen LogP contribution in [0.2, 0.25) is 0 Å². The number of furan rings is 2. The lowest BCUT2D eigenvalue weighted by Crippen LogP contribution is -2.49. The van der Waals surface area contributed by atoms with E-state index in [-0.39, 0.29) is 96.9 Å². The van der Waals surface area contributed by atoms with Crippen molar-refractivity contribution in [2.75, 3.05) is 40.8 Å². The summed E-state index contributed by atoms with van der Waals surface area (Å²) in [5.41, 5.74) is 2.57. The van der Waals surface area contributed by atoms with Gasteiger partial charge < -0.3 is 58.7 Å². The summed E-state index contributed by atoms with van der Waals surface area (Å²) in [6.07, 6.45) is 6.67. The molecule has 98 heavy (non-hydrogen) atoms. The number of amides is 6. The summed E-state index contributed by atoms with van der Waals surface area (Å²) < 4.78 is 59.7. The quantitative estimate of drug-likeness (QED) is 0.00910. The van der Waals surface area contributed by atoms with E-state index in [0.717, 1.165) is 35.8 Å². The van der Waals surface area contributed by atoms with Crippen molar-refractivity contribution in [2.24, 2.45) is 11.8 Å². The minimum atomic E-state index is -2.96. The molecule has 0 aliphatic rings. The van der Waals surface area contributed by atoms with Gasteiger partial charge in [0, 0.05) is 27.8 Å². The Kier molecular flexibility index (Phi) is 30.5. The molecule has 528 valence electrons. The normalized spacial score (nSPS) is 12.2. The molecule has 2 heterocycles. The molecule has 0 saturated heterocycles. The van der Waals surface area contributed by atoms with Gasteiger partial charge in [-0.2, -0.15) is 10.1 Å². The predicted molar refractivity (Wildman–Crippen MR) is 365 cm³/mol. The van der Waals surface area contributed by atoms with Crippen LogP contribution in [0, 0.1) is 11.8 Å². The van der Waals surface area contributed by atoms with Gasteiger partial charge >= 0.3 is 20.2 Å². The standard InChI is InChI=1S/C72H91N6O19P/c1-13-19-21-23-57(61(15-3)77(43-79)94-71(85)55-27-25-49(88-11)39-59(55)45(7)8)67(81)73-41-75-69(83)65-31-29-63(92-65)47-33-51(90-17-5)37-53(35-47)96-98(87)97-54-36-48(34-52(38-54)91-18-6)64-30-32-66(93-64)70(84)76-42-74-68(82)58(24-22-20-14-2)62(16-4)78(44-80)95-72(86)56-28-26-50(89-12)40-60(56)46(9)10/h25-40,43-46,57-58,61-62H,13-24,41-42H2,1-12H3,(H3-,73,74,75,76,81,82,83,84)/p+1/t57-,58-,61-,62-/m1/s1. The molecule has 0 saturated carbocycles. The third-order valence-corrected chi connectivity index (χ3v) is 16.8.